The van der Waals surface area contributed by atoms with Crippen molar-refractivity contribution in [3.05, 3.63) is 36.0 Å². The fraction of sp³-hybridized carbons (Fsp3) is 0.214. The molecule has 1 aliphatic rings. The van der Waals surface area contributed by atoms with Crippen LogP contribution in [-0.4, -0.2) is 49.8 Å². The Labute approximate surface area is 119 Å². The molecule has 108 valence electrons. The highest BCUT2D eigenvalue weighted by molar-refractivity contribution is 5.96. The van der Waals surface area contributed by atoms with Gasteiger partial charge in [-0.05, 0) is 36.8 Å². The molecule has 7 nitrogen and oxygen atoms in total. The summed E-state index contributed by atoms with van der Waals surface area (Å²) in [6, 6.07) is 7.25. The molecular weight excluding hydrogens is 274 g/mol. The van der Waals surface area contributed by atoms with Crippen LogP contribution in [0, 0.1) is 0 Å². The Hall–Kier alpha value is -2.83. The Balaban J connectivity index is 1.80. The number of phenols is 1. The summed E-state index contributed by atoms with van der Waals surface area (Å²) in [6.45, 7) is 0.434. The minimum absolute atomic E-state index is 0.149. The Bertz CT molecular complexity index is 692. The van der Waals surface area contributed by atoms with Gasteiger partial charge >= 0.3 is 5.97 Å². The number of aromatic hydroxyl groups is 1. The van der Waals surface area contributed by atoms with E-state index in [0.717, 1.165) is 5.56 Å². The van der Waals surface area contributed by atoms with Gasteiger partial charge in [-0.2, -0.15) is 5.10 Å². The number of carbonyl (C=O) groups is 2. The Morgan fingerprint density at radius 2 is 2.00 bits per heavy atom. The van der Waals surface area contributed by atoms with E-state index in [1.807, 2.05) is 0 Å². The molecule has 1 aromatic carbocycles. The predicted octanol–water partition coefficient (Wildman–Crippen LogP) is 1.08. The number of nitrogens with one attached hydrogen (secondary N) is 1. The third kappa shape index (κ3) is 2.33. The molecule has 1 aliphatic heterocycles. The van der Waals surface area contributed by atoms with Crippen molar-refractivity contribution in [1.82, 2.24) is 15.1 Å². The van der Waals surface area contributed by atoms with Crippen LogP contribution in [0.1, 0.15) is 16.9 Å². The van der Waals surface area contributed by atoms with Crippen LogP contribution >= 0.6 is 0 Å². The molecule has 2 heterocycles. The van der Waals surface area contributed by atoms with Crippen molar-refractivity contribution in [2.75, 3.05) is 6.54 Å². The summed E-state index contributed by atoms with van der Waals surface area (Å²) in [7, 11) is 0. The Morgan fingerprint density at radius 3 is 2.57 bits per heavy atom. The lowest BCUT2D eigenvalue weighted by atomic mass is 10.0. The second-order valence-corrected chi connectivity index (χ2v) is 4.85. The summed E-state index contributed by atoms with van der Waals surface area (Å²) in [4.78, 5) is 24.4. The molecule has 0 radical (unpaired) electrons. The second kappa shape index (κ2) is 4.93. The fourth-order valence-electron chi connectivity index (χ4n) is 2.25. The monoisotopic (exact) mass is 287 g/mol. The van der Waals surface area contributed by atoms with Crippen molar-refractivity contribution in [2.24, 2.45) is 0 Å². The maximum absolute atomic E-state index is 12.2. The van der Waals surface area contributed by atoms with Crippen molar-refractivity contribution in [2.45, 2.75) is 12.5 Å². The molecule has 0 spiro atoms. The molecule has 2 aromatic rings. The summed E-state index contributed by atoms with van der Waals surface area (Å²) >= 11 is 0. The molecule has 1 atom stereocenters. The van der Waals surface area contributed by atoms with Crippen molar-refractivity contribution >= 4 is 11.9 Å². The third-order valence-corrected chi connectivity index (χ3v) is 3.54. The highest BCUT2D eigenvalue weighted by atomic mass is 16.4. The van der Waals surface area contributed by atoms with Gasteiger partial charge in [-0.3, -0.25) is 9.89 Å². The van der Waals surface area contributed by atoms with E-state index in [0.29, 0.717) is 18.7 Å². The van der Waals surface area contributed by atoms with E-state index in [1.165, 1.54) is 17.0 Å². The zero-order chi connectivity index (χ0) is 15.0. The first-order valence-electron chi connectivity index (χ1n) is 6.45. The predicted molar refractivity (Wildman–Crippen MR) is 72.8 cm³/mol. The number of benzene rings is 1. The standard InChI is InChI=1S/C14H13N3O4/c18-9-3-1-8(2-4-9)10-7-11(16-15-10)13(19)17-6-5-12(17)14(20)21/h1-4,7,12,18H,5-6H2,(H,15,16)(H,20,21). The first kappa shape index (κ1) is 13.2. The van der Waals surface area contributed by atoms with Gasteiger partial charge in [0.05, 0.1) is 5.69 Å². The molecule has 0 saturated carbocycles. The van der Waals surface area contributed by atoms with Gasteiger partial charge in [0.2, 0.25) is 0 Å². The topological polar surface area (TPSA) is 107 Å². The van der Waals surface area contributed by atoms with Crippen LogP contribution < -0.4 is 0 Å². The van der Waals surface area contributed by atoms with E-state index in [4.69, 9.17) is 5.11 Å². The molecule has 1 amide bonds. The van der Waals surface area contributed by atoms with Crippen LogP contribution in [0.4, 0.5) is 0 Å². The number of likely N-dealkylation sites (tertiary alicyclic amines) is 1. The van der Waals surface area contributed by atoms with Gasteiger partial charge in [0.25, 0.3) is 5.91 Å². The quantitative estimate of drug-likeness (QED) is 0.783. The molecule has 3 rings (SSSR count). The fourth-order valence-corrected chi connectivity index (χ4v) is 2.25. The van der Waals surface area contributed by atoms with E-state index in [-0.39, 0.29) is 17.4 Å². The molecule has 0 bridgehead atoms. The zero-order valence-corrected chi connectivity index (χ0v) is 11.0. The SMILES string of the molecule is O=C(O)C1CCN1C(=O)c1cc(-c2ccc(O)cc2)n[nH]1. The third-order valence-electron chi connectivity index (χ3n) is 3.54. The van der Waals surface area contributed by atoms with Gasteiger partial charge in [-0.1, -0.05) is 0 Å². The normalized spacial score (nSPS) is 17.3. The number of aliphatic carboxylic acids is 1. The van der Waals surface area contributed by atoms with Crippen molar-refractivity contribution in [1.29, 1.82) is 0 Å². The maximum Gasteiger partial charge on any atom is 0.326 e. The van der Waals surface area contributed by atoms with E-state index in [1.54, 1.807) is 18.2 Å². The van der Waals surface area contributed by atoms with Gasteiger partial charge < -0.3 is 15.1 Å². The molecule has 21 heavy (non-hydrogen) atoms. The average molecular weight is 287 g/mol. The van der Waals surface area contributed by atoms with Crippen molar-refractivity contribution in [3.63, 3.8) is 0 Å². The number of rotatable bonds is 3. The number of nitrogens with zero attached hydrogens (tertiary/aromatic N) is 2. The summed E-state index contributed by atoms with van der Waals surface area (Å²) in [6.07, 6.45) is 0.472. The lowest BCUT2D eigenvalue weighted by Gasteiger charge is -2.37. The number of H-pyrrole nitrogens is 1. The van der Waals surface area contributed by atoms with Crippen molar-refractivity contribution < 1.29 is 19.8 Å². The van der Waals surface area contributed by atoms with Crippen LogP contribution in [-0.2, 0) is 4.79 Å². The summed E-state index contributed by atoms with van der Waals surface area (Å²) in [5.74, 6) is -1.21. The van der Waals surface area contributed by atoms with Crippen LogP contribution in [0.3, 0.4) is 0 Å². The molecule has 7 heteroatoms. The number of aromatic amines is 1. The molecule has 1 saturated heterocycles. The molecule has 1 aromatic heterocycles. The second-order valence-electron chi connectivity index (χ2n) is 4.85. The highest BCUT2D eigenvalue weighted by Crippen LogP contribution is 2.24. The zero-order valence-electron chi connectivity index (χ0n) is 11.0. The number of carboxylic acid groups (broad SMARTS) is 1. The van der Waals surface area contributed by atoms with Crippen molar-refractivity contribution in [3.8, 4) is 17.0 Å². The van der Waals surface area contributed by atoms with Gasteiger partial charge in [-0.25, -0.2) is 4.79 Å². The lowest BCUT2D eigenvalue weighted by molar-refractivity contribution is -0.146. The van der Waals surface area contributed by atoms with E-state index in [2.05, 4.69) is 10.2 Å². The number of hydrogen-bond acceptors (Lipinski definition) is 4. The van der Waals surface area contributed by atoms with E-state index < -0.39 is 12.0 Å². The minimum atomic E-state index is -0.993. The van der Waals surface area contributed by atoms with Gasteiger partial charge in [-0.15, -0.1) is 0 Å². The van der Waals surface area contributed by atoms with Crippen LogP contribution in [0.15, 0.2) is 30.3 Å². The number of hydrogen-bond donors (Lipinski definition) is 3. The summed E-state index contributed by atoms with van der Waals surface area (Å²) in [5, 5.41) is 24.9. The first-order chi connectivity index (χ1) is 10.1. The highest BCUT2D eigenvalue weighted by Gasteiger charge is 2.38. The number of carboxylic acids is 1. The molecule has 3 N–H and O–H groups in total. The van der Waals surface area contributed by atoms with Crippen LogP contribution in [0.25, 0.3) is 11.3 Å². The van der Waals surface area contributed by atoms with E-state index >= 15 is 0 Å². The van der Waals surface area contributed by atoms with Crippen LogP contribution in [0.5, 0.6) is 5.75 Å². The minimum Gasteiger partial charge on any atom is -0.508 e. The molecule has 1 unspecified atom stereocenters. The lowest BCUT2D eigenvalue weighted by Crippen LogP contribution is -2.55. The smallest absolute Gasteiger partial charge is 0.326 e. The van der Waals surface area contributed by atoms with Crippen LogP contribution in [0.2, 0.25) is 0 Å². The number of aromatic nitrogens is 2. The van der Waals surface area contributed by atoms with Gasteiger partial charge in [0.15, 0.2) is 0 Å². The Morgan fingerprint density at radius 1 is 1.29 bits per heavy atom. The van der Waals surface area contributed by atoms with Gasteiger partial charge in [0, 0.05) is 12.1 Å². The molecule has 0 aliphatic carbocycles. The largest absolute Gasteiger partial charge is 0.508 e. The summed E-state index contributed by atoms with van der Waals surface area (Å²) in [5.41, 5.74) is 1.57. The number of carbonyl (C=O) groups excluding carboxylic acids is 1. The summed E-state index contributed by atoms with van der Waals surface area (Å²) < 4.78 is 0. The molecular formula is C14H13N3O4. The first-order valence-corrected chi connectivity index (χ1v) is 6.45. The number of amides is 1. The average Bonchev–Trinajstić information content (AvgIpc) is 2.87. The van der Waals surface area contributed by atoms with E-state index in [9.17, 15) is 14.7 Å². The maximum atomic E-state index is 12.2. The molecule has 1 fully saturated rings. The Kier molecular flexibility index (Phi) is 3.09. The number of phenolic OH excluding ortho intramolecular Hbond substituents is 1. The van der Waals surface area contributed by atoms with Gasteiger partial charge in [0.1, 0.15) is 17.5 Å².